The number of hydrogen-bond acceptors (Lipinski definition) is 4. The Balaban J connectivity index is 1.98. The molecule has 82 valence electrons. The molecule has 0 aromatic carbocycles. The zero-order chi connectivity index (χ0) is 10.8. The molecule has 2 rings (SSSR count). The number of aryl methyl sites for hydroxylation is 1. The summed E-state index contributed by atoms with van der Waals surface area (Å²) in [5, 5.41) is 3.45. The minimum absolute atomic E-state index is 0.246. The van der Waals surface area contributed by atoms with Gasteiger partial charge in [0.2, 0.25) is 5.28 Å². The Bertz CT molecular complexity index is 363. The van der Waals surface area contributed by atoms with Crippen molar-refractivity contribution in [3.8, 4) is 0 Å². The first kappa shape index (κ1) is 10.5. The van der Waals surface area contributed by atoms with Crippen LogP contribution in [0.4, 0.5) is 11.5 Å². The second kappa shape index (κ2) is 4.23. The molecule has 0 amide bonds. The number of aromatic nitrogens is 2. The molecule has 1 fully saturated rings. The Kier molecular flexibility index (Phi) is 2.95. The first-order valence-corrected chi connectivity index (χ1v) is 5.58. The lowest BCUT2D eigenvalue weighted by molar-refractivity contribution is 0.758. The fourth-order valence-electron chi connectivity index (χ4n) is 1.48. The number of nitrogen functional groups attached to an aromatic ring is 1. The molecule has 5 heteroatoms. The number of nitrogens with zero attached hydrogens (tertiary/aromatic N) is 2. The molecule has 0 saturated heterocycles. The van der Waals surface area contributed by atoms with Gasteiger partial charge < -0.3 is 11.1 Å². The lowest BCUT2D eigenvalue weighted by Gasteiger charge is -2.09. The van der Waals surface area contributed by atoms with E-state index in [1.807, 2.05) is 6.92 Å². The Labute approximate surface area is 94.2 Å². The molecule has 15 heavy (non-hydrogen) atoms. The summed E-state index contributed by atoms with van der Waals surface area (Å²) in [4.78, 5) is 8.05. The molecule has 1 aromatic heterocycles. The van der Waals surface area contributed by atoms with E-state index in [1.54, 1.807) is 0 Å². The van der Waals surface area contributed by atoms with Crippen LogP contribution in [-0.2, 0) is 0 Å². The van der Waals surface area contributed by atoms with E-state index in [4.69, 9.17) is 17.3 Å². The number of hydrogen-bond donors (Lipinski definition) is 2. The quantitative estimate of drug-likeness (QED) is 0.773. The van der Waals surface area contributed by atoms with Crippen LogP contribution in [0.15, 0.2) is 0 Å². The van der Waals surface area contributed by atoms with Crippen LogP contribution in [0.3, 0.4) is 0 Å². The third kappa shape index (κ3) is 2.72. The molecule has 0 aliphatic heterocycles. The molecule has 1 saturated carbocycles. The molecule has 1 aliphatic rings. The summed E-state index contributed by atoms with van der Waals surface area (Å²) in [6.07, 6.45) is 3.90. The van der Waals surface area contributed by atoms with Crippen LogP contribution >= 0.6 is 11.6 Å². The van der Waals surface area contributed by atoms with Gasteiger partial charge in [0.15, 0.2) is 5.82 Å². The van der Waals surface area contributed by atoms with Crippen molar-refractivity contribution in [2.45, 2.75) is 26.2 Å². The summed E-state index contributed by atoms with van der Waals surface area (Å²) in [6.45, 7) is 2.73. The Morgan fingerprint density at radius 3 is 2.87 bits per heavy atom. The van der Waals surface area contributed by atoms with Crippen LogP contribution < -0.4 is 11.1 Å². The van der Waals surface area contributed by atoms with Gasteiger partial charge in [-0.3, -0.25) is 0 Å². The summed E-state index contributed by atoms with van der Waals surface area (Å²) in [6, 6.07) is 0. The van der Waals surface area contributed by atoms with Gasteiger partial charge in [-0.15, -0.1) is 0 Å². The Hall–Kier alpha value is -1.03. The monoisotopic (exact) mass is 226 g/mol. The Morgan fingerprint density at radius 1 is 1.47 bits per heavy atom. The average molecular weight is 227 g/mol. The van der Waals surface area contributed by atoms with Gasteiger partial charge in [-0.2, -0.15) is 4.98 Å². The summed E-state index contributed by atoms with van der Waals surface area (Å²) < 4.78 is 0. The molecule has 0 spiro atoms. The van der Waals surface area contributed by atoms with Gasteiger partial charge in [-0.05, 0) is 30.9 Å². The standard InChI is InChI=1S/C10H15ClN4/c1-6-8(12)9(15-10(11)14-6)13-5-4-7-2-3-7/h7H,2-5,12H2,1H3,(H,13,14,15). The highest BCUT2D eigenvalue weighted by atomic mass is 35.5. The van der Waals surface area contributed by atoms with E-state index in [9.17, 15) is 0 Å². The molecular weight excluding hydrogens is 212 g/mol. The van der Waals surface area contributed by atoms with Gasteiger partial charge in [-0.25, -0.2) is 4.98 Å². The normalized spacial score (nSPS) is 15.3. The molecule has 0 bridgehead atoms. The summed E-state index contributed by atoms with van der Waals surface area (Å²) in [5.74, 6) is 1.56. The van der Waals surface area contributed by atoms with Crippen molar-refractivity contribution in [1.29, 1.82) is 0 Å². The van der Waals surface area contributed by atoms with Crippen molar-refractivity contribution in [3.63, 3.8) is 0 Å². The van der Waals surface area contributed by atoms with Crippen LogP contribution in [0.5, 0.6) is 0 Å². The minimum Gasteiger partial charge on any atom is -0.394 e. The van der Waals surface area contributed by atoms with Crippen LogP contribution in [0.1, 0.15) is 25.0 Å². The van der Waals surface area contributed by atoms with Gasteiger partial charge in [0.05, 0.1) is 11.4 Å². The number of nitrogens with one attached hydrogen (secondary N) is 1. The van der Waals surface area contributed by atoms with Gasteiger partial charge in [0.25, 0.3) is 0 Å². The fraction of sp³-hybridized carbons (Fsp3) is 0.600. The molecule has 0 radical (unpaired) electrons. The third-order valence-electron chi connectivity index (χ3n) is 2.65. The summed E-state index contributed by atoms with van der Waals surface area (Å²) in [7, 11) is 0. The van der Waals surface area contributed by atoms with Crippen LogP contribution in [-0.4, -0.2) is 16.5 Å². The first-order chi connectivity index (χ1) is 7.16. The van der Waals surface area contributed by atoms with Crippen molar-refractivity contribution in [3.05, 3.63) is 11.0 Å². The maximum atomic E-state index is 5.84. The summed E-state index contributed by atoms with van der Waals surface area (Å²) >= 11 is 5.76. The fourth-order valence-corrected chi connectivity index (χ4v) is 1.69. The van der Waals surface area contributed by atoms with E-state index in [0.29, 0.717) is 11.5 Å². The molecule has 0 atom stereocenters. The molecule has 1 aromatic rings. The SMILES string of the molecule is Cc1nc(Cl)nc(NCCC2CC2)c1N. The highest BCUT2D eigenvalue weighted by Crippen LogP contribution is 2.32. The van der Waals surface area contributed by atoms with Gasteiger partial charge in [0.1, 0.15) is 0 Å². The molecule has 1 heterocycles. The maximum Gasteiger partial charge on any atom is 0.224 e. The van der Waals surface area contributed by atoms with Crippen LogP contribution in [0.2, 0.25) is 5.28 Å². The van der Waals surface area contributed by atoms with Gasteiger partial charge in [0, 0.05) is 6.54 Å². The second-order valence-electron chi connectivity index (χ2n) is 4.00. The second-order valence-corrected chi connectivity index (χ2v) is 4.34. The highest BCUT2D eigenvalue weighted by Gasteiger charge is 2.20. The molecule has 1 aliphatic carbocycles. The van der Waals surface area contributed by atoms with E-state index < -0.39 is 0 Å². The number of rotatable bonds is 4. The topological polar surface area (TPSA) is 63.8 Å². The summed E-state index contributed by atoms with van der Waals surface area (Å²) in [5.41, 5.74) is 7.16. The number of nitrogens with two attached hydrogens (primary N) is 1. The van der Waals surface area contributed by atoms with Crippen LogP contribution in [0.25, 0.3) is 0 Å². The predicted molar refractivity (Wildman–Crippen MR) is 62.0 cm³/mol. The van der Waals surface area contributed by atoms with E-state index in [2.05, 4.69) is 15.3 Å². The van der Waals surface area contributed by atoms with Crippen molar-refractivity contribution in [2.75, 3.05) is 17.6 Å². The zero-order valence-corrected chi connectivity index (χ0v) is 9.51. The number of anilines is 2. The first-order valence-electron chi connectivity index (χ1n) is 5.20. The van der Waals surface area contributed by atoms with E-state index in [1.165, 1.54) is 19.3 Å². The molecular formula is C10H15ClN4. The smallest absolute Gasteiger partial charge is 0.224 e. The minimum atomic E-state index is 0.246. The van der Waals surface area contributed by atoms with E-state index in [0.717, 1.165) is 18.2 Å². The average Bonchev–Trinajstić information content (AvgIpc) is 2.97. The van der Waals surface area contributed by atoms with Gasteiger partial charge in [-0.1, -0.05) is 12.8 Å². The van der Waals surface area contributed by atoms with Crippen molar-refractivity contribution in [2.24, 2.45) is 5.92 Å². The molecule has 0 unspecified atom stereocenters. The van der Waals surface area contributed by atoms with Crippen molar-refractivity contribution in [1.82, 2.24) is 9.97 Å². The predicted octanol–water partition coefficient (Wildman–Crippen LogP) is 2.23. The lowest BCUT2D eigenvalue weighted by Crippen LogP contribution is -2.09. The third-order valence-corrected chi connectivity index (χ3v) is 2.82. The van der Waals surface area contributed by atoms with Crippen molar-refractivity contribution >= 4 is 23.1 Å². The highest BCUT2D eigenvalue weighted by molar-refractivity contribution is 6.28. The molecule has 4 nitrogen and oxygen atoms in total. The Morgan fingerprint density at radius 2 is 2.20 bits per heavy atom. The van der Waals surface area contributed by atoms with Gasteiger partial charge >= 0.3 is 0 Å². The lowest BCUT2D eigenvalue weighted by atomic mass is 10.3. The van der Waals surface area contributed by atoms with E-state index in [-0.39, 0.29) is 5.28 Å². The van der Waals surface area contributed by atoms with Crippen LogP contribution in [0, 0.1) is 12.8 Å². The molecule has 3 N–H and O–H groups in total. The largest absolute Gasteiger partial charge is 0.394 e. The zero-order valence-electron chi connectivity index (χ0n) is 8.76. The maximum absolute atomic E-state index is 5.84. The number of halogens is 1. The van der Waals surface area contributed by atoms with Crippen molar-refractivity contribution < 1.29 is 0 Å². The van der Waals surface area contributed by atoms with E-state index >= 15 is 0 Å².